The summed E-state index contributed by atoms with van der Waals surface area (Å²) < 4.78 is 10.1. The number of rotatable bonds is 7. The molecule has 0 fully saturated rings. The summed E-state index contributed by atoms with van der Waals surface area (Å²) in [4.78, 5) is 24.2. The minimum atomic E-state index is -0.753. The third kappa shape index (κ3) is 3.95. The van der Waals surface area contributed by atoms with Gasteiger partial charge in [0, 0.05) is 0 Å². The zero-order valence-electron chi connectivity index (χ0n) is 11.9. The van der Waals surface area contributed by atoms with Crippen LogP contribution in [-0.4, -0.2) is 25.2 Å². The second kappa shape index (κ2) is 8.15. The highest BCUT2D eigenvalue weighted by Gasteiger charge is 2.35. The van der Waals surface area contributed by atoms with E-state index in [1.54, 1.807) is 26.0 Å². The van der Waals surface area contributed by atoms with Crippen LogP contribution in [0.4, 0.5) is 0 Å². The second-order valence-corrected chi connectivity index (χ2v) is 4.15. The molecule has 0 aromatic heterocycles. The minimum absolute atomic E-state index is 0.257. The van der Waals surface area contributed by atoms with Crippen LogP contribution in [0.25, 0.3) is 0 Å². The predicted octanol–water partition coefficient (Wildman–Crippen LogP) is 2.70. The van der Waals surface area contributed by atoms with Crippen LogP contribution in [0.1, 0.15) is 25.3 Å². The van der Waals surface area contributed by atoms with Gasteiger partial charge >= 0.3 is 11.9 Å². The van der Waals surface area contributed by atoms with Crippen molar-refractivity contribution in [2.75, 3.05) is 13.2 Å². The number of carbonyl (C=O) groups is 2. The molecule has 1 aromatic rings. The number of carbonyl (C=O) groups excluding carboxylic acids is 2. The largest absolute Gasteiger partial charge is 0.466 e. The molecule has 20 heavy (non-hydrogen) atoms. The Morgan fingerprint density at radius 1 is 1.10 bits per heavy atom. The average Bonchev–Trinajstić information content (AvgIpc) is 2.45. The molecule has 0 aliphatic heterocycles. The smallest absolute Gasteiger partial charge is 0.314 e. The lowest BCUT2D eigenvalue weighted by Gasteiger charge is -2.21. The van der Waals surface area contributed by atoms with E-state index >= 15 is 0 Å². The number of hydrogen-bond acceptors (Lipinski definition) is 4. The van der Waals surface area contributed by atoms with Crippen molar-refractivity contribution in [2.45, 2.75) is 19.8 Å². The van der Waals surface area contributed by atoms with Gasteiger partial charge in [-0.3, -0.25) is 9.59 Å². The van der Waals surface area contributed by atoms with Crippen LogP contribution in [0.15, 0.2) is 43.0 Å². The summed E-state index contributed by atoms with van der Waals surface area (Å²) >= 11 is 0. The molecule has 108 valence electrons. The maximum Gasteiger partial charge on any atom is 0.314 e. The monoisotopic (exact) mass is 276 g/mol. The van der Waals surface area contributed by atoms with Crippen LogP contribution in [0.2, 0.25) is 0 Å². The molecule has 0 heterocycles. The average molecular weight is 276 g/mol. The molecule has 0 bridgehead atoms. The molecular formula is C16H20O4. The van der Waals surface area contributed by atoms with Crippen molar-refractivity contribution in [3.63, 3.8) is 0 Å². The van der Waals surface area contributed by atoms with Crippen LogP contribution in [0.3, 0.4) is 0 Å². The summed E-state index contributed by atoms with van der Waals surface area (Å²) in [6, 6.07) is 9.05. The molecule has 0 aliphatic carbocycles. The van der Waals surface area contributed by atoms with E-state index < -0.39 is 23.8 Å². The van der Waals surface area contributed by atoms with Crippen molar-refractivity contribution in [3.05, 3.63) is 48.6 Å². The van der Waals surface area contributed by atoms with E-state index in [1.807, 2.05) is 18.2 Å². The van der Waals surface area contributed by atoms with Gasteiger partial charge in [-0.05, 0) is 19.4 Å². The van der Waals surface area contributed by atoms with Gasteiger partial charge < -0.3 is 9.47 Å². The quantitative estimate of drug-likeness (QED) is 0.567. The van der Waals surface area contributed by atoms with Crippen molar-refractivity contribution in [3.8, 4) is 0 Å². The van der Waals surface area contributed by atoms with E-state index in [2.05, 4.69) is 6.58 Å². The molecule has 0 amide bonds. The molecule has 1 aromatic carbocycles. The highest BCUT2D eigenvalue weighted by Crippen LogP contribution is 2.28. The first kappa shape index (κ1) is 16.0. The first-order valence-corrected chi connectivity index (χ1v) is 6.66. The first-order valence-electron chi connectivity index (χ1n) is 6.66. The summed E-state index contributed by atoms with van der Waals surface area (Å²) in [5.41, 5.74) is 0.712. The Labute approximate surface area is 119 Å². The van der Waals surface area contributed by atoms with Gasteiger partial charge in [0.2, 0.25) is 0 Å². The van der Waals surface area contributed by atoms with Crippen molar-refractivity contribution in [2.24, 2.45) is 5.92 Å². The molecule has 2 unspecified atom stereocenters. The Morgan fingerprint density at radius 3 is 2.15 bits per heavy atom. The number of benzene rings is 1. The molecule has 4 nitrogen and oxygen atoms in total. The van der Waals surface area contributed by atoms with Gasteiger partial charge in [0.25, 0.3) is 0 Å². The van der Waals surface area contributed by atoms with E-state index in [0.29, 0.717) is 5.56 Å². The molecule has 0 saturated carbocycles. The van der Waals surface area contributed by atoms with Crippen molar-refractivity contribution >= 4 is 11.9 Å². The lowest BCUT2D eigenvalue weighted by Crippen LogP contribution is -2.29. The Bertz CT molecular complexity index is 453. The third-order valence-corrected chi connectivity index (χ3v) is 2.87. The van der Waals surface area contributed by atoms with Gasteiger partial charge in [-0.1, -0.05) is 36.4 Å². The van der Waals surface area contributed by atoms with Gasteiger partial charge in [0.15, 0.2) is 0 Å². The first-order chi connectivity index (χ1) is 9.65. The van der Waals surface area contributed by atoms with E-state index in [1.165, 1.54) is 6.08 Å². The predicted molar refractivity (Wildman–Crippen MR) is 76.1 cm³/mol. The van der Waals surface area contributed by atoms with E-state index in [9.17, 15) is 9.59 Å². The van der Waals surface area contributed by atoms with Crippen molar-refractivity contribution in [1.82, 2.24) is 0 Å². The molecule has 0 saturated heterocycles. The zero-order valence-corrected chi connectivity index (χ0v) is 11.9. The third-order valence-electron chi connectivity index (χ3n) is 2.87. The SMILES string of the molecule is C=CC(C(=O)OCC)C(C(=O)OCC)c1ccccc1. The Hall–Kier alpha value is -2.10. The van der Waals surface area contributed by atoms with Crippen molar-refractivity contribution in [1.29, 1.82) is 0 Å². The van der Waals surface area contributed by atoms with Gasteiger partial charge in [0.1, 0.15) is 0 Å². The Kier molecular flexibility index (Phi) is 6.50. The molecule has 0 aliphatic rings. The Morgan fingerprint density at radius 2 is 1.65 bits per heavy atom. The van der Waals surface area contributed by atoms with Gasteiger partial charge in [-0.15, -0.1) is 6.58 Å². The Balaban J connectivity index is 3.12. The van der Waals surface area contributed by atoms with E-state index in [-0.39, 0.29) is 13.2 Å². The van der Waals surface area contributed by atoms with Crippen LogP contribution < -0.4 is 0 Å². The van der Waals surface area contributed by atoms with Gasteiger partial charge in [-0.25, -0.2) is 0 Å². The zero-order chi connectivity index (χ0) is 15.0. The summed E-state index contributed by atoms with van der Waals surface area (Å²) in [6.07, 6.45) is 1.44. The van der Waals surface area contributed by atoms with Gasteiger partial charge in [-0.2, -0.15) is 0 Å². The molecule has 0 N–H and O–H groups in total. The van der Waals surface area contributed by atoms with Crippen LogP contribution in [0, 0.1) is 5.92 Å². The lowest BCUT2D eigenvalue weighted by molar-refractivity contribution is -0.155. The highest BCUT2D eigenvalue weighted by atomic mass is 16.5. The number of esters is 2. The summed E-state index contributed by atoms with van der Waals surface area (Å²) in [6.45, 7) is 7.61. The maximum atomic E-state index is 12.2. The summed E-state index contributed by atoms with van der Waals surface area (Å²) in [5, 5.41) is 0. The van der Waals surface area contributed by atoms with E-state index in [0.717, 1.165) is 0 Å². The fourth-order valence-electron chi connectivity index (χ4n) is 1.99. The highest BCUT2D eigenvalue weighted by molar-refractivity contribution is 5.87. The number of hydrogen-bond donors (Lipinski definition) is 0. The van der Waals surface area contributed by atoms with Crippen LogP contribution in [-0.2, 0) is 19.1 Å². The second-order valence-electron chi connectivity index (χ2n) is 4.15. The standard InChI is InChI=1S/C16H20O4/c1-4-13(15(17)19-5-2)14(16(18)20-6-3)12-10-8-7-9-11-12/h4,7-11,13-14H,1,5-6H2,2-3H3. The molecule has 4 heteroatoms. The fraction of sp³-hybridized carbons (Fsp3) is 0.375. The molecule has 1 rings (SSSR count). The molecular weight excluding hydrogens is 256 g/mol. The minimum Gasteiger partial charge on any atom is -0.466 e. The molecule has 0 radical (unpaired) electrons. The topological polar surface area (TPSA) is 52.6 Å². The maximum absolute atomic E-state index is 12.2. The molecule has 2 atom stereocenters. The summed E-state index contributed by atoms with van der Waals surface area (Å²) in [5.74, 6) is -2.40. The van der Waals surface area contributed by atoms with Crippen LogP contribution >= 0.6 is 0 Å². The lowest BCUT2D eigenvalue weighted by atomic mass is 9.86. The van der Waals surface area contributed by atoms with Crippen LogP contribution in [0.5, 0.6) is 0 Å². The van der Waals surface area contributed by atoms with E-state index in [4.69, 9.17) is 9.47 Å². The van der Waals surface area contributed by atoms with Crippen molar-refractivity contribution < 1.29 is 19.1 Å². The molecule has 0 spiro atoms. The number of ether oxygens (including phenoxy) is 2. The fourth-order valence-corrected chi connectivity index (χ4v) is 1.99. The summed E-state index contributed by atoms with van der Waals surface area (Å²) in [7, 11) is 0. The van der Waals surface area contributed by atoms with Gasteiger partial charge in [0.05, 0.1) is 25.0 Å². The normalized spacial score (nSPS) is 13.1.